The number of hydrogen-bond donors (Lipinski definition) is 4. The van der Waals surface area contributed by atoms with Gasteiger partial charge in [-0.15, -0.1) is 12.4 Å². The molecule has 25 heteroatoms. The molecule has 1 aliphatic heterocycles. The molecule has 0 amide bonds. The molecular weight excluding hydrogens is 1470 g/mol. The number of nitrogens with two attached hydrogens (primary N) is 3. The molecule has 3 aromatic heterocycles. The third kappa shape index (κ3) is 23.0. The summed E-state index contributed by atoms with van der Waals surface area (Å²) in [6.45, 7) is 18.3. The van der Waals surface area contributed by atoms with Gasteiger partial charge in [0.15, 0.2) is 0 Å². The molecule has 13 rings (SSSR count). The molecule has 1 fully saturated rings. The average molecular weight is 1570 g/mol. The summed E-state index contributed by atoms with van der Waals surface area (Å²) >= 11 is 5.53. The predicted molar refractivity (Wildman–Crippen MR) is 431 cm³/mol. The van der Waals surface area contributed by atoms with E-state index in [1.807, 2.05) is 131 Å². The zero-order chi connectivity index (χ0) is 76.7. The van der Waals surface area contributed by atoms with E-state index in [0.717, 1.165) is 55.0 Å². The van der Waals surface area contributed by atoms with Crippen molar-refractivity contribution in [2.24, 2.45) is 17.2 Å². The number of para-hydroxylation sites is 3. The van der Waals surface area contributed by atoms with Crippen molar-refractivity contribution in [1.82, 2.24) is 0 Å². The number of benzene rings is 9. The van der Waals surface area contributed by atoms with Gasteiger partial charge >= 0.3 is 43.9 Å². The summed E-state index contributed by atoms with van der Waals surface area (Å²) in [5, 5.41) is 11.9. The van der Waals surface area contributed by atoms with Crippen LogP contribution in [0.25, 0.3) is 55.2 Å². The average Bonchev–Trinajstić information content (AvgIpc) is 1.58. The molecule has 0 unspecified atom stereocenters. The molecule has 0 bridgehead atoms. The number of esters is 2. The molecule has 8 N–H and O–H groups in total. The number of carbonyl (C=O) groups excluding carboxylic acids is 2. The Morgan fingerprint density at radius 1 is 0.473 bits per heavy atom. The van der Waals surface area contributed by atoms with Crippen molar-refractivity contribution in [3.8, 4) is 39.5 Å². The zero-order valence-electron chi connectivity index (χ0n) is 62.9. The maximum atomic E-state index is 15.3. The Bertz CT molecular complexity index is 5090. The minimum atomic E-state index is -0.928. The second-order valence-corrected chi connectivity index (χ2v) is 27.1. The standard InChI is InChI=1S/C27H26FNO4.C25H29BO6.C25H22FNO4.C8H9ClFN.2CH4.ClH.Li.H2O/c1-3-31-25(30)15-19-7-4-5-10-24(19)33-16-18-13-20-11-12-32-27(20)23(14-18)22-9-6-8-21(17(2)29)26(22)28;1-6-28-22(27)15-18-9-7-8-10-21(18)30-16-17-13-19-11-12-29-23(19)20(14-17)26-31-24(2,3)25(4,5)32-26;1-15(27)19-6-4-7-20(24(19)26)21-12-16(11-18-9-10-30-25(18)21)14-31-22-8-3-2-5-17(22)13-23(28)29;1-5(11)6-3-2-4-7(9)8(6)10;;;;;/h4-14,17H,3,15-16,29H2,1-2H3;7-14H,6,15-16H2,1-5H3;2-12,15H,13-14,27H2,1H3,(H,28,29);2-5H,11H2,1H3;2*1H4;1H;;1H2/q;;;;;;;+1;/p-1/t17-;;15-;5-;;;;;/m0.00...../s1. The van der Waals surface area contributed by atoms with E-state index in [9.17, 15) is 18.8 Å². The van der Waals surface area contributed by atoms with E-state index in [1.165, 1.54) is 6.07 Å². The molecule has 0 saturated carbocycles. The number of furan rings is 3. The van der Waals surface area contributed by atoms with Crippen molar-refractivity contribution in [2.75, 3.05) is 13.2 Å². The second kappa shape index (κ2) is 42.2. The molecule has 0 aliphatic carbocycles. The van der Waals surface area contributed by atoms with Crippen LogP contribution < -0.4 is 55.7 Å². The number of fused-ring (bicyclic) bond motifs is 3. The zero-order valence-corrected chi connectivity index (χ0v) is 64.4. The van der Waals surface area contributed by atoms with Crippen LogP contribution in [0.2, 0.25) is 5.02 Å². The summed E-state index contributed by atoms with van der Waals surface area (Å²) in [5.41, 5.74) is 27.4. The van der Waals surface area contributed by atoms with Gasteiger partial charge in [-0.05, 0) is 152 Å². The molecular formula is C87H96BCl2F3LiN3O15. The summed E-state index contributed by atoms with van der Waals surface area (Å²) in [6.07, 6.45) is 4.99. The van der Waals surface area contributed by atoms with E-state index >= 15 is 8.78 Å². The minimum Gasteiger partial charge on any atom is -0.870 e. The van der Waals surface area contributed by atoms with Gasteiger partial charge in [0.1, 0.15) is 71.3 Å². The number of aliphatic carboxylic acids is 1. The van der Waals surface area contributed by atoms with Crippen LogP contribution in [0.5, 0.6) is 17.2 Å². The number of carboxylic acids is 1. The van der Waals surface area contributed by atoms with Gasteiger partial charge in [0.25, 0.3) is 0 Å². The Kier molecular flexibility index (Phi) is 35.0. The van der Waals surface area contributed by atoms with Gasteiger partial charge in [0.2, 0.25) is 0 Å². The van der Waals surface area contributed by atoms with Gasteiger partial charge in [-0.1, -0.05) is 136 Å². The van der Waals surface area contributed by atoms with E-state index in [1.54, 1.807) is 126 Å². The number of ether oxygens (including phenoxy) is 5. The SMILES string of the molecule is C.C.CCOC(=O)Cc1ccccc1OCc1cc(-c2cccc([C@H](C)N)c2F)c2occc2c1.CCOC(=O)Cc1ccccc1OCc1cc(B2OC(C)(C)C(C)(C)O2)c2occc2c1.C[C@H](N)c1cccc(-c2cc(COc3ccccc3CC(=O)O)cc3ccoc23)c1F.C[C@H](N)c1cccc(Cl)c1F.Cl.[Li+].[OH-]. The van der Waals surface area contributed by atoms with E-state index in [4.69, 9.17) is 80.2 Å². The Balaban J connectivity index is 0.000000275. The summed E-state index contributed by atoms with van der Waals surface area (Å²) in [6, 6.07) is 53.0. The molecule has 0 spiro atoms. The maximum absolute atomic E-state index is 15.3. The van der Waals surface area contributed by atoms with E-state index in [2.05, 4.69) is 0 Å². The smallest absolute Gasteiger partial charge is 0.870 e. The quantitative estimate of drug-likeness (QED) is 0.0342. The fourth-order valence-electron chi connectivity index (χ4n) is 12.1. The second-order valence-electron chi connectivity index (χ2n) is 26.7. The first-order chi connectivity index (χ1) is 51.2. The Labute approximate surface area is 675 Å². The largest absolute Gasteiger partial charge is 1.00 e. The van der Waals surface area contributed by atoms with Crippen LogP contribution in [0, 0.1) is 17.5 Å². The van der Waals surface area contributed by atoms with Gasteiger partial charge in [-0.3, -0.25) is 14.4 Å². The van der Waals surface area contributed by atoms with Gasteiger partial charge in [0.05, 0.1) is 67.5 Å². The van der Waals surface area contributed by atoms with Crippen molar-refractivity contribution in [3.63, 3.8) is 0 Å². The number of hydrogen-bond acceptors (Lipinski definition) is 17. The summed E-state index contributed by atoms with van der Waals surface area (Å²) in [7, 11) is -0.537. The Hall–Kier alpha value is -9.80. The van der Waals surface area contributed by atoms with Gasteiger partial charge < -0.3 is 74.0 Å². The summed E-state index contributed by atoms with van der Waals surface area (Å²) in [5.74, 6) is -0.889. The van der Waals surface area contributed by atoms with Crippen LogP contribution in [-0.2, 0) is 72.2 Å². The van der Waals surface area contributed by atoms with Crippen molar-refractivity contribution in [2.45, 2.75) is 146 Å². The molecule has 1 aliphatic rings. The third-order valence-corrected chi connectivity index (χ3v) is 18.5. The van der Waals surface area contributed by atoms with Crippen molar-refractivity contribution >= 4 is 87.4 Å². The summed E-state index contributed by atoms with van der Waals surface area (Å²) < 4.78 is 101. The Morgan fingerprint density at radius 3 is 1.18 bits per heavy atom. The number of halogens is 5. The van der Waals surface area contributed by atoms with Crippen LogP contribution in [0.15, 0.2) is 214 Å². The molecule has 4 heterocycles. The third-order valence-electron chi connectivity index (χ3n) is 18.2. The molecule has 112 heavy (non-hydrogen) atoms. The molecule has 588 valence electrons. The monoisotopic (exact) mass is 1570 g/mol. The molecule has 0 radical (unpaired) electrons. The number of rotatable bonds is 23. The Morgan fingerprint density at radius 2 is 0.812 bits per heavy atom. The van der Waals surface area contributed by atoms with Gasteiger partial charge in [-0.25, -0.2) is 13.2 Å². The topological polar surface area (TPSA) is 284 Å². The van der Waals surface area contributed by atoms with E-state index in [-0.39, 0.29) is 119 Å². The minimum absolute atomic E-state index is 0. The number of carboxylic acid groups (broad SMARTS) is 1. The van der Waals surface area contributed by atoms with Gasteiger partial charge in [-0.2, -0.15) is 0 Å². The van der Waals surface area contributed by atoms with Crippen LogP contribution in [0.4, 0.5) is 13.2 Å². The first-order valence-electron chi connectivity index (χ1n) is 35.0. The molecule has 1 saturated heterocycles. The molecule has 12 aromatic rings. The normalized spacial score (nSPS) is 13.0. The summed E-state index contributed by atoms with van der Waals surface area (Å²) in [4.78, 5) is 35.0. The van der Waals surface area contributed by atoms with Crippen molar-refractivity contribution < 1.29 is 103 Å². The first-order valence-corrected chi connectivity index (χ1v) is 35.4. The fraction of sp³-hybridized carbons (Fsp3) is 0.276. The van der Waals surface area contributed by atoms with Crippen LogP contribution in [0.1, 0.15) is 145 Å². The molecule has 3 atom stereocenters. The number of carbonyl (C=O) groups is 3. The van der Waals surface area contributed by atoms with E-state index in [0.29, 0.717) is 92.7 Å². The first kappa shape index (κ1) is 92.8. The van der Waals surface area contributed by atoms with Gasteiger partial charge in [0, 0.05) is 95.4 Å². The molecule has 9 aromatic carbocycles. The molecule has 18 nitrogen and oxygen atoms in total. The van der Waals surface area contributed by atoms with Crippen molar-refractivity contribution in [1.29, 1.82) is 0 Å². The van der Waals surface area contributed by atoms with Crippen LogP contribution >= 0.6 is 24.0 Å². The fourth-order valence-corrected chi connectivity index (χ4v) is 12.3. The van der Waals surface area contributed by atoms with E-state index < -0.39 is 42.2 Å². The van der Waals surface area contributed by atoms with Crippen LogP contribution in [0.3, 0.4) is 0 Å². The predicted octanol–water partition coefficient (Wildman–Crippen LogP) is 16.8. The van der Waals surface area contributed by atoms with Crippen LogP contribution in [-0.4, -0.2) is 60.0 Å². The maximum Gasteiger partial charge on any atom is 1.00 e. The van der Waals surface area contributed by atoms with Crippen molar-refractivity contribution in [3.05, 3.63) is 273 Å².